The Morgan fingerprint density at radius 3 is 0.868 bits per heavy atom. The molecular formula is C62H116O6. The molecule has 0 amide bonds. The van der Waals surface area contributed by atoms with Crippen molar-refractivity contribution >= 4 is 17.9 Å². The first-order valence-electron chi connectivity index (χ1n) is 30.3. The largest absolute Gasteiger partial charge is 0.462 e. The zero-order valence-electron chi connectivity index (χ0n) is 45.9. The highest BCUT2D eigenvalue weighted by atomic mass is 16.6. The minimum Gasteiger partial charge on any atom is -0.462 e. The second-order valence-electron chi connectivity index (χ2n) is 20.6. The normalized spacial score (nSPS) is 12.1. The molecule has 0 saturated heterocycles. The van der Waals surface area contributed by atoms with Gasteiger partial charge in [-0.05, 0) is 44.9 Å². The van der Waals surface area contributed by atoms with Gasteiger partial charge in [-0.3, -0.25) is 14.4 Å². The van der Waals surface area contributed by atoms with Crippen molar-refractivity contribution in [2.75, 3.05) is 13.2 Å². The third kappa shape index (κ3) is 54.8. The number of rotatable bonds is 56. The predicted molar refractivity (Wildman–Crippen MR) is 293 cm³/mol. The zero-order valence-corrected chi connectivity index (χ0v) is 45.9. The van der Waals surface area contributed by atoms with Gasteiger partial charge in [0.25, 0.3) is 0 Å². The predicted octanol–water partition coefficient (Wildman–Crippen LogP) is 20.3. The van der Waals surface area contributed by atoms with E-state index >= 15 is 0 Å². The van der Waals surface area contributed by atoms with Gasteiger partial charge in [0.15, 0.2) is 6.10 Å². The maximum absolute atomic E-state index is 12.7. The van der Waals surface area contributed by atoms with E-state index in [4.69, 9.17) is 14.2 Å². The molecule has 0 spiro atoms. The van der Waals surface area contributed by atoms with E-state index in [0.29, 0.717) is 19.3 Å². The first-order valence-corrected chi connectivity index (χ1v) is 30.3. The highest BCUT2D eigenvalue weighted by Crippen LogP contribution is 2.18. The van der Waals surface area contributed by atoms with E-state index in [1.54, 1.807) is 0 Å². The number of ether oxygens (including phenoxy) is 3. The smallest absolute Gasteiger partial charge is 0.306 e. The SMILES string of the molecule is CCC/C=C\C/C=C\CCCCCCCC(=O)OC(COC(=O)CCCCCCCC)COC(=O)CCCCCCCCCCCCCCCCCCCCCCCCCCCCCCCCC. The summed E-state index contributed by atoms with van der Waals surface area (Å²) >= 11 is 0. The van der Waals surface area contributed by atoms with Crippen LogP contribution in [0.1, 0.15) is 335 Å². The van der Waals surface area contributed by atoms with Crippen LogP contribution in [-0.2, 0) is 28.6 Å². The number of esters is 3. The number of hydrogen-bond donors (Lipinski definition) is 0. The van der Waals surface area contributed by atoms with Gasteiger partial charge in [-0.25, -0.2) is 0 Å². The lowest BCUT2D eigenvalue weighted by Gasteiger charge is -2.18. The van der Waals surface area contributed by atoms with Gasteiger partial charge < -0.3 is 14.2 Å². The van der Waals surface area contributed by atoms with Crippen LogP contribution in [0, 0.1) is 0 Å². The minimum atomic E-state index is -0.771. The van der Waals surface area contributed by atoms with Crippen molar-refractivity contribution in [2.45, 2.75) is 341 Å². The molecule has 0 radical (unpaired) electrons. The molecule has 0 heterocycles. The van der Waals surface area contributed by atoms with Crippen LogP contribution in [0.15, 0.2) is 24.3 Å². The number of allylic oxidation sites excluding steroid dienone is 4. The molecule has 6 nitrogen and oxygen atoms in total. The Morgan fingerprint density at radius 2 is 0.559 bits per heavy atom. The van der Waals surface area contributed by atoms with E-state index in [9.17, 15) is 14.4 Å². The van der Waals surface area contributed by atoms with Crippen molar-refractivity contribution in [3.05, 3.63) is 24.3 Å². The van der Waals surface area contributed by atoms with Crippen molar-refractivity contribution in [1.29, 1.82) is 0 Å². The Bertz CT molecular complexity index is 1100. The Labute approximate surface area is 423 Å². The van der Waals surface area contributed by atoms with Crippen LogP contribution in [0.5, 0.6) is 0 Å². The van der Waals surface area contributed by atoms with Gasteiger partial charge in [-0.15, -0.1) is 0 Å². The van der Waals surface area contributed by atoms with Gasteiger partial charge in [0.1, 0.15) is 13.2 Å². The molecule has 1 unspecified atom stereocenters. The minimum absolute atomic E-state index is 0.0730. The van der Waals surface area contributed by atoms with Gasteiger partial charge in [0, 0.05) is 19.3 Å². The number of hydrogen-bond acceptors (Lipinski definition) is 6. The van der Waals surface area contributed by atoms with Crippen LogP contribution in [0.4, 0.5) is 0 Å². The molecule has 68 heavy (non-hydrogen) atoms. The summed E-state index contributed by atoms with van der Waals surface area (Å²) in [6.07, 6.45) is 68.1. The molecule has 0 N–H and O–H groups in total. The molecular weight excluding hydrogens is 841 g/mol. The average molecular weight is 958 g/mol. The summed E-state index contributed by atoms with van der Waals surface area (Å²) in [7, 11) is 0. The Kier molecular flexibility index (Phi) is 55.7. The molecule has 1 atom stereocenters. The molecule has 0 aliphatic heterocycles. The second kappa shape index (κ2) is 57.5. The van der Waals surface area contributed by atoms with Crippen molar-refractivity contribution in [2.24, 2.45) is 0 Å². The molecule has 0 aromatic rings. The highest BCUT2D eigenvalue weighted by molar-refractivity contribution is 5.71. The van der Waals surface area contributed by atoms with Crippen molar-refractivity contribution in [1.82, 2.24) is 0 Å². The van der Waals surface area contributed by atoms with Gasteiger partial charge in [0.05, 0.1) is 0 Å². The van der Waals surface area contributed by atoms with E-state index in [1.165, 1.54) is 205 Å². The average Bonchev–Trinajstić information content (AvgIpc) is 3.34. The highest BCUT2D eigenvalue weighted by Gasteiger charge is 2.19. The molecule has 0 bridgehead atoms. The van der Waals surface area contributed by atoms with E-state index in [1.807, 2.05) is 0 Å². The first kappa shape index (κ1) is 65.9. The maximum atomic E-state index is 12.7. The van der Waals surface area contributed by atoms with Crippen LogP contribution < -0.4 is 0 Å². The Balaban J connectivity index is 3.90. The van der Waals surface area contributed by atoms with Crippen LogP contribution in [0.3, 0.4) is 0 Å². The van der Waals surface area contributed by atoms with Crippen molar-refractivity contribution in [3.63, 3.8) is 0 Å². The number of carbonyl (C=O) groups is 3. The third-order valence-corrected chi connectivity index (χ3v) is 13.7. The first-order chi connectivity index (χ1) is 33.5. The van der Waals surface area contributed by atoms with E-state index in [0.717, 1.165) is 89.9 Å². The Hall–Kier alpha value is -2.11. The fourth-order valence-electron chi connectivity index (χ4n) is 9.13. The monoisotopic (exact) mass is 957 g/mol. The molecule has 0 aliphatic carbocycles. The summed E-state index contributed by atoms with van der Waals surface area (Å²) in [6, 6.07) is 0. The van der Waals surface area contributed by atoms with Gasteiger partial charge in [-0.2, -0.15) is 0 Å². The molecule has 0 fully saturated rings. The lowest BCUT2D eigenvalue weighted by atomic mass is 10.0. The lowest BCUT2D eigenvalue weighted by Crippen LogP contribution is -2.30. The zero-order chi connectivity index (χ0) is 49.3. The molecule has 0 saturated carbocycles. The van der Waals surface area contributed by atoms with Crippen LogP contribution in [0.25, 0.3) is 0 Å². The van der Waals surface area contributed by atoms with Gasteiger partial charge >= 0.3 is 17.9 Å². The molecule has 0 aromatic carbocycles. The molecule has 6 heteroatoms. The van der Waals surface area contributed by atoms with Gasteiger partial charge in [0.2, 0.25) is 0 Å². The summed E-state index contributed by atoms with van der Waals surface area (Å²) in [6.45, 7) is 6.55. The Morgan fingerprint density at radius 1 is 0.294 bits per heavy atom. The second-order valence-corrected chi connectivity index (χ2v) is 20.6. The summed E-state index contributed by atoms with van der Waals surface area (Å²) in [5.41, 5.74) is 0. The summed E-state index contributed by atoms with van der Waals surface area (Å²) in [4.78, 5) is 37.8. The molecule has 0 aliphatic rings. The molecule has 0 rings (SSSR count). The van der Waals surface area contributed by atoms with Gasteiger partial charge in [-0.1, -0.05) is 295 Å². The fourth-order valence-corrected chi connectivity index (χ4v) is 9.13. The van der Waals surface area contributed by atoms with Crippen LogP contribution in [-0.4, -0.2) is 37.2 Å². The molecule has 400 valence electrons. The lowest BCUT2D eigenvalue weighted by molar-refractivity contribution is -0.167. The van der Waals surface area contributed by atoms with Crippen LogP contribution >= 0.6 is 0 Å². The summed E-state index contributed by atoms with van der Waals surface area (Å²) < 4.78 is 16.7. The maximum Gasteiger partial charge on any atom is 0.306 e. The quantitative estimate of drug-likeness (QED) is 0.0262. The van der Waals surface area contributed by atoms with E-state index < -0.39 is 6.10 Å². The third-order valence-electron chi connectivity index (χ3n) is 13.7. The number of carbonyl (C=O) groups excluding carboxylic acids is 3. The number of unbranched alkanes of at least 4 members (excludes halogenated alkanes) is 41. The standard InChI is InChI=1S/C62H116O6/c1-4-7-10-13-16-18-20-22-23-24-25-26-27-28-29-30-31-32-33-34-35-36-37-38-39-41-42-44-46-49-52-55-61(64)67-58-59(57-66-60(63)54-51-48-15-12-9-6-3)68-62(65)56-53-50-47-45-43-40-21-19-17-14-11-8-5-2/h11,14,19,21,59H,4-10,12-13,15-18,20,22-58H2,1-3H3/b14-11-,21-19-. The van der Waals surface area contributed by atoms with Crippen LogP contribution in [0.2, 0.25) is 0 Å². The topological polar surface area (TPSA) is 78.9 Å². The van der Waals surface area contributed by atoms with Crippen molar-refractivity contribution in [3.8, 4) is 0 Å². The summed E-state index contributed by atoms with van der Waals surface area (Å²) in [5, 5.41) is 0. The fraction of sp³-hybridized carbons (Fsp3) is 0.887. The summed E-state index contributed by atoms with van der Waals surface area (Å²) in [5.74, 6) is -0.882. The van der Waals surface area contributed by atoms with E-state index in [-0.39, 0.29) is 31.1 Å². The van der Waals surface area contributed by atoms with Crippen molar-refractivity contribution < 1.29 is 28.6 Å². The molecule has 0 aromatic heterocycles. The van der Waals surface area contributed by atoms with E-state index in [2.05, 4.69) is 45.1 Å².